The fourth-order valence-electron chi connectivity index (χ4n) is 4.04. The topological polar surface area (TPSA) is 71.1 Å². The van der Waals surface area contributed by atoms with Gasteiger partial charge in [-0.1, -0.05) is 30.3 Å². The van der Waals surface area contributed by atoms with Crippen LogP contribution in [-0.2, 0) is 16.0 Å². The molecule has 1 heterocycles. The van der Waals surface area contributed by atoms with Gasteiger partial charge in [-0.05, 0) is 72.7 Å². The van der Waals surface area contributed by atoms with Crippen LogP contribution in [0.4, 0.5) is 11.4 Å². The molecule has 4 rings (SSSR count). The first-order valence-corrected chi connectivity index (χ1v) is 11.7. The number of benzene rings is 3. The molecule has 1 N–H and O–H groups in total. The Morgan fingerprint density at radius 3 is 2.34 bits per heavy atom. The van der Waals surface area contributed by atoms with E-state index in [9.17, 15) is 9.59 Å². The molecule has 3 aromatic rings. The summed E-state index contributed by atoms with van der Waals surface area (Å²) in [6, 6.07) is 23.4. The molecule has 180 valence electrons. The van der Waals surface area contributed by atoms with Gasteiger partial charge in [0.1, 0.15) is 17.5 Å². The van der Waals surface area contributed by atoms with E-state index in [0.29, 0.717) is 35.2 Å². The van der Waals surface area contributed by atoms with Gasteiger partial charge < -0.3 is 19.7 Å². The van der Waals surface area contributed by atoms with Gasteiger partial charge in [-0.2, -0.15) is 0 Å². The molecule has 0 bridgehead atoms. The Kier molecular flexibility index (Phi) is 7.62. The summed E-state index contributed by atoms with van der Waals surface area (Å²) < 4.78 is 10.5. The van der Waals surface area contributed by atoms with Gasteiger partial charge in [0.15, 0.2) is 5.11 Å². The molecule has 0 aliphatic carbocycles. The SMILES string of the molecule is COc1ccc(NC(=O)C[C@H]2C(=O)N(c3ccccc3)C(=S)N2CCc2cccc(OC)c2)cc1. The van der Waals surface area contributed by atoms with E-state index in [1.165, 1.54) is 4.90 Å². The summed E-state index contributed by atoms with van der Waals surface area (Å²) in [4.78, 5) is 29.8. The summed E-state index contributed by atoms with van der Waals surface area (Å²) in [7, 11) is 3.21. The number of thiocarbonyl (C=S) groups is 1. The molecule has 1 saturated heterocycles. The molecule has 1 aliphatic heterocycles. The van der Waals surface area contributed by atoms with E-state index in [-0.39, 0.29) is 18.2 Å². The molecule has 1 aliphatic rings. The van der Waals surface area contributed by atoms with Gasteiger partial charge in [-0.15, -0.1) is 0 Å². The number of anilines is 2. The summed E-state index contributed by atoms with van der Waals surface area (Å²) in [5.74, 6) is 0.986. The fourth-order valence-corrected chi connectivity index (χ4v) is 4.46. The zero-order valence-electron chi connectivity index (χ0n) is 19.6. The number of rotatable bonds is 9. The van der Waals surface area contributed by atoms with Crippen molar-refractivity contribution in [1.29, 1.82) is 0 Å². The maximum absolute atomic E-state index is 13.5. The van der Waals surface area contributed by atoms with Crippen molar-refractivity contribution in [1.82, 2.24) is 4.90 Å². The van der Waals surface area contributed by atoms with Crippen LogP contribution in [0.1, 0.15) is 12.0 Å². The minimum Gasteiger partial charge on any atom is -0.497 e. The highest BCUT2D eigenvalue weighted by Crippen LogP contribution is 2.28. The first-order chi connectivity index (χ1) is 17.0. The van der Waals surface area contributed by atoms with Crippen molar-refractivity contribution in [3.05, 3.63) is 84.4 Å². The van der Waals surface area contributed by atoms with Crippen molar-refractivity contribution in [2.24, 2.45) is 0 Å². The number of hydrogen-bond acceptors (Lipinski definition) is 5. The Labute approximate surface area is 210 Å². The van der Waals surface area contributed by atoms with Crippen LogP contribution in [0.25, 0.3) is 0 Å². The van der Waals surface area contributed by atoms with E-state index in [2.05, 4.69) is 5.32 Å². The molecule has 2 amide bonds. The zero-order valence-corrected chi connectivity index (χ0v) is 20.5. The number of methoxy groups -OCH3 is 2. The number of nitrogens with zero attached hydrogens (tertiary/aromatic N) is 2. The Morgan fingerprint density at radius 1 is 0.943 bits per heavy atom. The maximum atomic E-state index is 13.5. The largest absolute Gasteiger partial charge is 0.497 e. The van der Waals surface area contributed by atoms with E-state index in [1.807, 2.05) is 59.5 Å². The lowest BCUT2D eigenvalue weighted by Crippen LogP contribution is -2.39. The molecular weight excluding hydrogens is 462 g/mol. The summed E-state index contributed by atoms with van der Waals surface area (Å²) in [5, 5.41) is 3.26. The number of ether oxygens (including phenoxy) is 2. The molecule has 0 saturated carbocycles. The van der Waals surface area contributed by atoms with Crippen LogP contribution in [0, 0.1) is 0 Å². The third-order valence-corrected chi connectivity index (χ3v) is 6.28. The monoisotopic (exact) mass is 489 g/mol. The Morgan fingerprint density at radius 2 is 1.66 bits per heavy atom. The molecule has 35 heavy (non-hydrogen) atoms. The number of carbonyl (C=O) groups excluding carboxylic acids is 2. The lowest BCUT2D eigenvalue weighted by Gasteiger charge is -2.24. The van der Waals surface area contributed by atoms with Crippen molar-refractivity contribution in [2.75, 3.05) is 31.0 Å². The highest BCUT2D eigenvalue weighted by Gasteiger charge is 2.43. The van der Waals surface area contributed by atoms with Crippen molar-refractivity contribution in [2.45, 2.75) is 18.9 Å². The Bertz CT molecular complexity index is 1200. The summed E-state index contributed by atoms with van der Waals surface area (Å²) in [6.07, 6.45) is 0.621. The number of para-hydroxylation sites is 1. The van der Waals surface area contributed by atoms with Gasteiger partial charge in [0.2, 0.25) is 5.91 Å². The molecule has 8 heteroatoms. The molecule has 1 atom stereocenters. The van der Waals surface area contributed by atoms with Gasteiger partial charge >= 0.3 is 0 Å². The van der Waals surface area contributed by atoms with Crippen LogP contribution in [-0.4, -0.2) is 48.6 Å². The lowest BCUT2D eigenvalue weighted by atomic mass is 10.1. The average Bonchev–Trinajstić information content (AvgIpc) is 3.12. The predicted octanol–water partition coefficient (Wildman–Crippen LogP) is 4.28. The third-order valence-electron chi connectivity index (χ3n) is 5.86. The molecular formula is C27H27N3O4S. The van der Waals surface area contributed by atoms with Gasteiger partial charge in [-0.25, -0.2) is 0 Å². The number of amides is 2. The first-order valence-electron chi connectivity index (χ1n) is 11.3. The fraction of sp³-hybridized carbons (Fsp3) is 0.222. The van der Waals surface area contributed by atoms with Crippen molar-refractivity contribution in [3.8, 4) is 11.5 Å². The molecule has 0 aromatic heterocycles. The second-order valence-corrected chi connectivity index (χ2v) is 8.45. The van der Waals surface area contributed by atoms with E-state index < -0.39 is 6.04 Å². The standard InChI is InChI=1S/C27H27N3O4S/c1-33-22-13-11-20(12-14-22)28-25(31)18-24-26(32)30(21-8-4-3-5-9-21)27(35)29(24)16-15-19-7-6-10-23(17-19)34-2/h3-14,17,24H,15-16,18H2,1-2H3,(H,28,31)/t24-/m0/s1. The normalized spacial score (nSPS) is 15.3. The second-order valence-electron chi connectivity index (χ2n) is 8.08. The molecule has 0 unspecified atom stereocenters. The molecule has 1 fully saturated rings. The van der Waals surface area contributed by atoms with Crippen LogP contribution >= 0.6 is 12.2 Å². The summed E-state index contributed by atoms with van der Waals surface area (Å²) >= 11 is 5.73. The average molecular weight is 490 g/mol. The van der Waals surface area contributed by atoms with Crippen LogP contribution < -0.4 is 19.7 Å². The Hall–Kier alpha value is -3.91. The predicted molar refractivity (Wildman–Crippen MR) is 140 cm³/mol. The smallest absolute Gasteiger partial charge is 0.256 e. The maximum Gasteiger partial charge on any atom is 0.256 e. The van der Waals surface area contributed by atoms with Crippen molar-refractivity contribution in [3.63, 3.8) is 0 Å². The minimum atomic E-state index is -0.702. The molecule has 0 spiro atoms. The van der Waals surface area contributed by atoms with Crippen LogP contribution in [0.15, 0.2) is 78.9 Å². The van der Waals surface area contributed by atoms with Gasteiger partial charge in [0.05, 0.1) is 26.3 Å². The highest BCUT2D eigenvalue weighted by atomic mass is 32.1. The molecule has 3 aromatic carbocycles. The zero-order chi connectivity index (χ0) is 24.8. The number of hydrogen-bond donors (Lipinski definition) is 1. The summed E-state index contributed by atoms with van der Waals surface area (Å²) in [5.41, 5.74) is 2.37. The summed E-state index contributed by atoms with van der Waals surface area (Å²) in [6.45, 7) is 0.488. The van der Waals surface area contributed by atoms with E-state index in [0.717, 1.165) is 11.3 Å². The van der Waals surface area contributed by atoms with E-state index in [4.69, 9.17) is 21.7 Å². The molecule has 7 nitrogen and oxygen atoms in total. The number of nitrogens with one attached hydrogen (secondary N) is 1. The van der Waals surface area contributed by atoms with Crippen molar-refractivity contribution < 1.29 is 19.1 Å². The third kappa shape index (κ3) is 5.60. The van der Waals surface area contributed by atoms with Crippen LogP contribution in [0.2, 0.25) is 0 Å². The number of carbonyl (C=O) groups is 2. The van der Waals surface area contributed by atoms with Gasteiger partial charge in [0, 0.05) is 12.2 Å². The van der Waals surface area contributed by atoms with Crippen LogP contribution in [0.3, 0.4) is 0 Å². The highest BCUT2D eigenvalue weighted by molar-refractivity contribution is 7.80. The van der Waals surface area contributed by atoms with Gasteiger partial charge in [0.25, 0.3) is 5.91 Å². The Balaban J connectivity index is 1.53. The van der Waals surface area contributed by atoms with E-state index >= 15 is 0 Å². The van der Waals surface area contributed by atoms with Gasteiger partial charge in [-0.3, -0.25) is 14.5 Å². The van der Waals surface area contributed by atoms with Crippen molar-refractivity contribution >= 4 is 40.5 Å². The quantitative estimate of drug-likeness (QED) is 0.453. The lowest BCUT2D eigenvalue weighted by molar-refractivity contribution is -0.124. The minimum absolute atomic E-state index is 0.0214. The van der Waals surface area contributed by atoms with Crippen LogP contribution in [0.5, 0.6) is 11.5 Å². The molecule has 0 radical (unpaired) electrons. The second kappa shape index (κ2) is 11.0. The first kappa shape index (κ1) is 24.2. The van der Waals surface area contributed by atoms with E-state index in [1.54, 1.807) is 38.5 Å².